The number of amides is 1. The maximum absolute atomic E-state index is 13.3. The Morgan fingerprint density at radius 3 is 2.49 bits per heavy atom. The third-order valence-corrected chi connectivity index (χ3v) is 6.87. The summed E-state index contributed by atoms with van der Waals surface area (Å²) in [6, 6.07) is 12.3. The van der Waals surface area contributed by atoms with Crippen molar-refractivity contribution in [3.05, 3.63) is 83.4 Å². The number of nitrogens with zero attached hydrogens (tertiary/aromatic N) is 2. The number of nitrogens with one attached hydrogen (secondary N) is 1. The number of aromatic nitrogens is 2. The summed E-state index contributed by atoms with van der Waals surface area (Å²) < 4.78 is 13.2. The van der Waals surface area contributed by atoms with Gasteiger partial charge >= 0.3 is 0 Å². The average molecular weight is 503 g/mol. The molecule has 8 heteroatoms. The van der Waals surface area contributed by atoms with E-state index in [1.54, 1.807) is 23.1 Å². The van der Waals surface area contributed by atoms with Crippen molar-refractivity contribution in [2.75, 3.05) is 19.8 Å². The Balaban J connectivity index is 1.54. The van der Waals surface area contributed by atoms with Crippen molar-refractivity contribution in [2.45, 2.75) is 45.2 Å². The molecule has 2 aliphatic rings. The highest BCUT2D eigenvalue weighted by molar-refractivity contribution is 6.46. The van der Waals surface area contributed by atoms with Crippen molar-refractivity contribution in [3.8, 4) is 11.5 Å². The summed E-state index contributed by atoms with van der Waals surface area (Å²) in [5.74, 6) is -0.434. The van der Waals surface area contributed by atoms with E-state index in [9.17, 15) is 14.7 Å². The van der Waals surface area contributed by atoms with Crippen LogP contribution in [-0.4, -0.2) is 46.4 Å². The molecule has 1 atom stereocenters. The molecule has 0 bridgehead atoms. The summed E-state index contributed by atoms with van der Waals surface area (Å²) in [4.78, 5) is 31.2. The van der Waals surface area contributed by atoms with Crippen LogP contribution in [0.3, 0.4) is 0 Å². The smallest absolute Gasteiger partial charge is 0.295 e. The van der Waals surface area contributed by atoms with Crippen LogP contribution >= 0.6 is 0 Å². The highest BCUT2D eigenvalue weighted by Crippen LogP contribution is 2.41. The number of aromatic amines is 1. The number of aliphatic hydroxyl groups is 1. The molecule has 0 aliphatic carbocycles. The first-order valence-electron chi connectivity index (χ1n) is 12.5. The van der Waals surface area contributed by atoms with E-state index < -0.39 is 17.7 Å². The standard InChI is InChI=1S/C29H31N3O5/c1-29(2,3)21-8-5-19(6-9-21)25-24(26(33)20-7-10-22-23(17-20)37-16-15-36-22)27(34)28(35)32(25)13-4-12-31-14-11-30-18-31/h5-11,14,17-18,25H,4,12-13,15-16H2,1-3H3,(H,33,34)/p+1. The summed E-state index contributed by atoms with van der Waals surface area (Å²) >= 11 is 0. The number of aliphatic hydroxyl groups excluding tert-OH is 1. The molecule has 37 heavy (non-hydrogen) atoms. The predicted octanol–water partition coefficient (Wildman–Crippen LogP) is 3.88. The minimum atomic E-state index is -0.696. The van der Waals surface area contributed by atoms with Gasteiger partial charge in [0.1, 0.15) is 31.4 Å². The highest BCUT2D eigenvalue weighted by Gasteiger charge is 2.46. The van der Waals surface area contributed by atoms with Gasteiger partial charge in [-0.25, -0.2) is 4.57 Å². The number of aryl methyl sites for hydroxylation is 1. The quantitative estimate of drug-likeness (QED) is 0.231. The molecule has 1 aromatic heterocycles. The zero-order chi connectivity index (χ0) is 26.2. The number of rotatable bonds is 6. The molecule has 1 saturated heterocycles. The summed E-state index contributed by atoms with van der Waals surface area (Å²) in [6.07, 6.45) is 6.24. The molecule has 3 aromatic rings. The second-order valence-corrected chi connectivity index (χ2v) is 10.4. The number of Topliss-reactive ketones (excluding diaryl/α,β-unsaturated/α-hetero) is 1. The van der Waals surface area contributed by atoms with E-state index in [2.05, 4.69) is 25.8 Å². The first kappa shape index (κ1) is 24.6. The summed E-state index contributed by atoms with van der Waals surface area (Å²) in [5, 5.41) is 11.4. The van der Waals surface area contributed by atoms with Crippen molar-refractivity contribution in [3.63, 3.8) is 0 Å². The van der Waals surface area contributed by atoms with Gasteiger partial charge in [-0.15, -0.1) is 0 Å². The Hall–Kier alpha value is -4.07. The molecule has 0 spiro atoms. The monoisotopic (exact) mass is 502 g/mol. The predicted molar refractivity (Wildman–Crippen MR) is 137 cm³/mol. The number of benzene rings is 2. The fraction of sp³-hybridized carbons (Fsp3) is 0.345. The number of carbonyl (C=O) groups is 2. The van der Waals surface area contributed by atoms with Crippen molar-refractivity contribution in [1.29, 1.82) is 0 Å². The summed E-state index contributed by atoms with van der Waals surface area (Å²) in [7, 11) is 0. The lowest BCUT2D eigenvalue weighted by atomic mass is 9.85. The summed E-state index contributed by atoms with van der Waals surface area (Å²) in [5.41, 5.74) is 2.37. The molecule has 2 aliphatic heterocycles. The summed E-state index contributed by atoms with van der Waals surface area (Å²) in [6.45, 7) is 8.31. The number of carbonyl (C=O) groups excluding carboxylic acids is 2. The Morgan fingerprint density at radius 2 is 1.81 bits per heavy atom. The van der Waals surface area contributed by atoms with Crippen LogP contribution in [0.4, 0.5) is 0 Å². The molecule has 0 radical (unpaired) electrons. The van der Waals surface area contributed by atoms with Crippen LogP contribution in [-0.2, 0) is 21.5 Å². The van der Waals surface area contributed by atoms with Crippen LogP contribution in [0, 0.1) is 0 Å². The lowest BCUT2D eigenvalue weighted by Gasteiger charge is -2.26. The number of imidazole rings is 1. The minimum absolute atomic E-state index is 0.0423. The minimum Gasteiger partial charge on any atom is -0.507 e. The third-order valence-electron chi connectivity index (χ3n) is 6.87. The molecule has 1 fully saturated rings. The van der Waals surface area contributed by atoms with Gasteiger partial charge in [0.15, 0.2) is 11.5 Å². The SMILES string of the molecule is CC(C)(C)c1ccc(C2/C(=C(\O)c3ccc4c(c3)OCCO4)C(=O)C(=O)N2CCC[n+]2cc[nH]c2)cc1. The van der Waals surface area contributed by atoms with Gasteiger partial charge in [0, 0.05) is 18.5 Å². The zero-order valence-electron chi connectivity index (χ0n) is 21.4. The average Bonchev–Trinajstić information content (AvgIpc) is 3.50. The Morgan fingerprint density at radius 1 is 1.08 bits per heavy atom. The maximum Gasteiger partial charge on any atom is 0.295 e. The first-order valence-corrected chi connectivity index (χ1v) is 12.5. The van der Waals surface area contributed by atoms with Crippen LogP contribution in [0.5, 0.6) is 11.5 Å². The zero-order valence-corrected chi connectivity index (χ0v) is 21.4. The number of likely N-dealkylation sites (tertiary alicyclic amines) is 1. The van der Waals surface area contributed by atoms with Gasteiger partial charge in [0.05, 0.1) is 18.2 Å². The lowest BCUT2D eigenvalue weighted by molar-refractivity contribution is -0.695. The number of ketones is 1. The van der Waals surface area contributed by atoms with E-state index in [0.717, 1.165) is 11.1 Å². The molecular weight excluding hydrogens is 470 g/mol. The van der Waals surface area contributed by atoms with Crippen molar-refractivity contribution < 1.29 is 28.7 Å². The number of fused-ring (bicyclic) bond motifs is 1. The van der Waals surface area contributed by atoms with E-state index in [4.69, 9.17) is 9.47 Å². The first-order chi connectivity index (χ1) is 17.7. The van der Waals surface area contributed by atoms with Gasteiger partial charge in [-0.1, -0.05) is 45.0 Å². The molecule has 192 valence electrons. The van der Waals surface area contributed by atoms with Crippen LogP contribution in [0.2, 0.25) is 0 Å². The third kappa shape index (κ3) is 4.83. The molecule has 2 N–H and O–H groups in total. The fourth-order valence-corrected chi connectivity index (χ4v) is 4.85. The topological polar surface area (TPSA) is 95.7 Å². The van der Waals surface area contributed by atoms with E-state index >= 15 is 0 Å². The molecule has 1 amide bonds. The molecule has 3 heterocycles. The largest absolute Gasteiger partial charge is 0.507 e. The number of H-pyrrole nitrogens is 1. The van der Waals surface area contributed by atoms with E-state index in [-0.39, 0.29) is 16.7 Å². The van der Waals surface area contributed by atoms with Gasteiger partial charge < -0.3 is 19.5 Å². The molecule has 1 unspecified atom stereocenters. The number of hydrogen-bond acceptors (Lipinski definition) is 5. The molecule has 2 aromatic carbocycles. The molecule has 0 saturated carbocycles. The van der Waals surface area contributed by atoms with Gasteiger partial charge in [-0.3, -0.25) is 14.6 Å². The Bertz CT molecular complexity index is 1340. The second kappa shape index (κ2) is 9.76. The van der Waals surface area contributed by atoms with Crippen LogP contribution in [0.15, 0.2) is 66.8 Å². The Labute approximate surface area is 216 Å². The van der Waals surface area contributed by atoms with E-state index in [1.807, 2.05) is 47.6 Å². The molecule has 5 rings (SSSR count). The second-order valence-electron chi connectivity index (χ2n) is 10.4. The Kier molecular flexibility index (Phi) is 6.50. The van der Waals surface area contributed by atoms with Crippen LogP contribution < -0.4 is 14.0 Å². The van der Waals surface area contributed by atoms with E-state index in [0.29, 0.717) is 49.8 Å². The van der Waals surface area contributed by atoms with Gasteiger partial charge in [-0.2, -0.15) is 0 Å². The fourth-order valence-electron chi connectivity index (χ4n) is 4.85. The normalized spacial score (nSPS) is 18.9. The lowest BCUT2D eigenvalue weighted by Crippen LogP contribution is -2.36. The van der Waals surface area contributed by atoms with E-state index in [1.165, 1.54) is 0 Å². The number of hydrogen-bond donors (Lipinski definition) is 2. The number of ether oxygens (including phenoxy) is 2. The van der Waals surface area contributed by atoms with Gasteiger partial charge in [0.25, 0.3) is 11.7 Å². The van der Waals surface area contributed by atoms with Crippen molar-refractivity contribution in [1.82, 2.24) is 9.88 Å². The highest BCUT2D eigenvalue weighted by atomic mass is 16.6. The molecular formula is C29H32N3O5+. The van der Waals surface area contributed by atoms with Crippen molar-refractivity contribution >= 4 is 17.4 Å². The van der Waals surface area contributed by atoms with Gasteiger partial charge in [0.2, 0.25) is 6.33 Å². The van der Waals surface area contributed by atoms with Gasteiger partial charge in [-0.05, 0) is 34.7 Å². The maximum atomic E-state index is 13.3. The van der Waals surface area contributed by atoms with Crippen molar-refractivity contribution in [2.24, 2.45) is 0 Å². The van der Waals surface area contributed by atoms with Crippen LogP contribution in [0.1, 0.15) is 49.9 Å². The molecule has 8 nitrogen and oxygen atoms in total. The van der Waals surface area contributed by atoms with Crippen LogP contribution in [0.25, 0.3) is 5.76 Å².